The van der Waals surface area contributed by atoms with Crippen molar-refractivity contribution in [2.45, 2.75) is 64.5 Å². The van der Waals surface area contributed by atoms with Gasteiger partial charge in [0.05, 0.1) is 12.7 Å². The standard InChI is InChI=1S/C14H28N2O2/c1-12(2)16-14(17)8-9-15-10-11-18-13-6-4-3-5-7-13/h12-13,15H,3-11H2,1-2H3,(H,16,17). The molecule has 1 aliphatic rings. The number of hydrogen-bond acceptors (Lipinski definition) is 3. The maximum atomic E-state index is 11.4. The summed E-state index contributed by atoms with van der Waals surface area (Å²) in [6.45, 7) is 6.28. The van der Waals surface area contributed by atoms with Gasteiger partial charge in [-0.3, -0.25) is 4.79 Å². The normalized spacial score (nSPS) is 17.1. The van der Waals surface area contributed by atoms with Gasteiger partial charge < -0.3 is 15.4 Å². The molecule has 0 aromatic carbocycles. The first kappa shape index (κ1) is 15.4. The maximum absolute atomic E-state index is 11.4. The molecule has 0 unspecified atom stereocenters. The topological polar surface area (TPSA) is 50.4 Å². The molecule has 4 nitrogen and oxygen atoms in total. The Morgan fingerprint density at radius 3 is 2.61 bits per heavy atom. The lowest BCUT2D eigenvalue weighted by Crippen LogP contribution is -2.33. The Hall–Kier alpha value is -0.610. The van der Waals surface area contributed by atoms with Crippen LogP contribution in [0.2, 0.25) is 0 Å². The summed E-state index contributed by atoms with van der Waals surface area (Å²) < 4.78 is 5.79. The van der Waals surface area contributed by atoms with Gasteiger partial charge in [0.15, 0.2) is 0 Å². The number of carbonyl (C=O) groups is 1. The van der Waals surface area contributed by atoms with Crippen LogP contribution in [-0.2, 0) is 9.53 Å². The SMILES string of the molecule is CC(C)NC(=O)CCNCCOC1CCCCC1. The molecule has 1 saturated carbocycles. The molecule has 0 aromatic rings. The summed E-state index contributed by atoms with van der Waals surface area (Å²) in [5.41, 5.74) is 0. The molecule has 4 heteroatoms. The Morgan fingerprint density at radius 1 is 1.22 bits per heavy atom. The van der Waals surface area contributed by atoms with Gasteiger partial charge in [-0.2, -0.15) is 0 Å². The lowest BCUT2D eigenvalue weighted by atomic mass is 9.98. The fourth-order valence-corrected chi connectivity index (χ4v) is 2.25. The molecular weight excluding hydrogens is 228 g/mol. The third-order valence-electron chi connectivity index (χ3n) is 3.16. The third-order valence-corrected chi connectivity index (χ3v) is 3.16. The van der Waals surface area contributed by atoms with Crippen LogP contribution in [0.4, 0.5) is 0 Å². The van der Waals surface area contributed by atoms with Crippen molar-refractivity contribution >= 4 is 5.91 Å². The summed E-state index contributed by atoms with van der Waals surface area (Å²) in [6, 6.07) is 0.229. The minimum Gasteiger partial charge on any atom is -0.377 e. The van der Waals surface area contributed by atoms with Crippen LogP contribution < -0.4 is 10.6 Å². The number of ether oxygens (including phenoxy) is 1. The largest absolute Gasteiger partial charge is 0.377 e. The zero-order chi connectivity index (χ0) is 13.2. The van der Waals surface area contributed by atoms with Crippen LogP contribution in [0, 0.1) is 0 Å². The monoisotopic (exact) mass is 256 g/mol. The van der Waals surface area contributed by atoms with Crippen LogP contribution in [0.1, 0.15) is 52.4 Å². The van der Waals surface area contributed by atoms with Crippen LogP contribution in [0.25, 0.3) is 0 Å². The first-order valence-electron chi connectivity index (χ1n) is 7.30. The van der Waals surface area contributed by atoms with Crippen LogP contribution in [0.3, 0.4) is 0 Å². The molecule has 1 aliphatic carbocycles. The number of nitrogens with one attached hydrogen (secondary N) is 2. The van der Waals surface area contributed by atoms with Crippen molar-refractivity contribution in [2.75, 3.05) is 19.7 Å². The smallest absolute Gasteiger partial charge is 0.221 e. The van der Waals surface area contributed by atoms with Gasteiger partial charge in [0.2, 0.25) is 5.91 Å². The molecule has 18 heavy (non-hydrogen) atoms. The van der Waals surface area contributed by atoms with E-state index in [0.29, 0.717) is 12.5 Å². The van der Waals surface area contributed by atoms with Gasteiger partial charge in [-0.25, -0.2) is 0 Å². The number of rotatable bonds is 8. The summed E-state index contributed by atoms with van der Waals surface area (Å²) in [5.74, 6) is 0.116. The minimum absolute atomic E-state index is 0.116. The van der Waals surface area contributed by atoms with Gasteiger partial charge >= 0.3 is 0 Å². The van der Waals surface area contributed by atoms with E-state index in [1.807, 2.05) is 13.8 Å². The van der Waals surface area contributed by atoms with E-state index in [9.17, 15) is 4.79 Å². The first-order valence-corrected chi connectivity index (χ1v) is 7.30. The Labute approximate surface area is 111 Å². The van der Waals surface area contributed by atoms with E-state index in [-0.39, 0.29) is 11.9 Å². The van der Waals surface area contributed by atoms with Crippen molar-refractivity contribution < 1.29 is 9.53 Å². The molecule has 0 radical (unpaired) electrons. The van der Waals surface area contributed by atoms with Crippen molar-refractivity contribution in [1.29, 1.82) is 0 Å². The summed E-state index contributed by atoms with van der Waals surface area (Å²) >= 11 is 0. The quantitative estimate of drug-likeness (QED) is 0.652. The number of hydrogen-bond donors (Lipinski definition) is 2. The lowest BCUT2D eigenvalue weighted by molar-refractivity contribution is -0.121. The molecule has 2 N–H and O–H groups in total. The lowest BCUT2D eigenvalue weighted by Gasteiger charge is -2.22. The molecule has 0 saturated heterocycles. The fourth-order valence-electron chi connectivity index (χ4n) is 2.25. The highest BCUT2D eigenvalue weighted by molar-refractivity contribution is 5.76. The van der Waals surface area contributed by atoms with E-state index in [1.54, 1.807) is 0 Å². The maximum Gasteiger partial charge on any atom is 0.221 e. The van der Waals surface area contributed by atoms with Crippen LogP contribution >= 0.6 is 0 Å². The molecule has 1 amide bonds. The minimum atomic E-state index is 0.116. The number of amides is 1. The summed E-state index contributed by atoms with van der Waals surface area (Å²) in [4.78, 5) is 11.4. The van der Waals surface area contributed by atoms with E-state index >= 15 is 0 Å². The molecule has 0 bridgehead atoms. The first-order chi connectivity index (χ1) is 8.68. The Balaban J connectivity index is 1.87. The molecule has 0 aromatic heterocycles. The van der Waals surface area contributed by atoms with Gasteiger partial charge in [0.1, 0.15) is 0 Å². The highest BCUT2D eigenvalue weighted by atomic mass is 16.5. The molecule has 0 heterocycles. The summed E-state index contributed by atoms with van der Waals surface area (Å²) in [6.07, 6.45) is 7.45. The van der Waals surface area contributed by atoms with Crippen molar-refractivity contribution in [1.82, 2.24) is 10.6 Å². The van der Waals surface area contributed by atoms with Crippen LogP contribution in [0.15, 0.2) is 0 Å². The molecular formula is C14H28N2O2. The second-order valence-electron chi connectivity index (χ2n) is 5.35. The van der Waals surface area contributed by atoms with Gasteiger partial charge in [0.25, 0.3) is 0 Å². The van der Waals surface area contributed by atoms with Gasteiger partial charge in [-0.1, -0.05) is 19.3 Å². The highest BCUT2D eigenvalue weighted by Gasteiger charge is 2.12. The van der Waals surface area contributed by atoms with Gasteiger partial charge in [-0.05, 0) is 26.7 Å². The van der Waals surface area contributed by atoms with E-state index < -0.39 is 0 Å². The van der Waals surface area contributed by atoms with Crippen molar-refractivity contribution in [3.8, 4) is 0 Å². The van der Waals surface area contributed by atoms with E-state index in [1.165, 1.54) is 32.1 Å². The zero-order valence-corrected chi connectivity index (χ0v) is 11.8. The Kier molecular flexibility index (Phi) is 8.01. The second-order valence-corrected chi connectivity index (χ2v) is 5.35. The van der Waals surface area contributed by atoms with E-state index in [0.717, 1.165) is 19.7 Å². The molecule has 0 aliphatic heterocycles. The van der Waals surface area contributed by atoms with E-state index in [2.05, 4.69) is 10.6 Å². The molecule has 0 spiro atoms. The third kappa shape index (κ3) is 7.67. The van der Waals surface area contributed by atoms with Gasteiger partial charge in [-0.15, -0.1) is 0 Å². The van der Waals surface area contributed by atoms with Gasteiger partial charge in [0, 0.05) is 25.6 Å². The van der Waals surface area contributed by atoms with Crippen molar-refractivity contribution in [3.05, 3.63) is 0 Å². The summed E-state index contributed by atoms with van der Waals surface area (Å²) in [7, 11) is 0. The molecule has 1 rings (SSSR count). The molecule has 106 valence electrons. The zero-order valence-electron chi connectivity index (χ0n) is 11.8. The van der Waals surface area contributed by atoms with Crippen LogP contribution in [-0.4, -0.2) is 37.7 Å². The Bertz CT molecular complexity index is 226. The fraction of sp³-hybridized carbons (Fsp3) is 0.929. The van der Waals surface area contributed by atoms with E-state index in [4.69, 9.17) is 4.74 Å². The predicted octanol–water partition coefficient (Wildman–Crippen LogP) is 1.84. The average Bonchev–Trinajstić information content (AvgIpc) is 2.34. The molecule has 1 fully saturated rings. The average molecular weight is 256 g/mol. The van der Waals surface area contributed by atoms with Crippen molar-refractivity contribution in [3.63, 3.8) is 0 Å². The predicted molar refractivity (Wildman–Crippen MR) is 73.6 cm³/mol. The second kappa shape index (κ2) is 9.34. The Morgan fingerprint density at radius 2 is 1.94 bits per heavy atom. The number of carbonyl (C=O) groups excluding carboxylic acids is 1. The summed E-state index contributed by atoms with van der Waals surface area (Å²) in [5, 5.41) is 6.12. The van der Waals surface area contributed by atoms with Crippen molar-refractivity contribution in [2.24, 2.45) is 0 Å². The van der Waals surface area contributed by atoms with Crippen LogP contribution in [0.5, 0.6) is 0 Å². The highest BCUT2D eigenvalue weighted by Crippen LogP contribution is 2.19. The molecule has 0 atom stereocenters.